The minimum atomic E-state index is -1.04. The Bertz CT molecular complexity index is 216. The Morgan fingerprint density at radius 3 is 1.33 bits per heavy atom. The molecule has 10 nitrogen and oxygen atoms in total. The van der Waals surface area contributed by atoms with Gasteiger partial charge in [0.2, 0.25) is 0 Å². The van der Waals surface area contributed by atoms with Gasteiger partial charge >= 0.3 is 11.9 Å². The maximum absolute atomic E-state index is 9.98. The average Bonchev–Trinajstić information content (AvgIpc) is 2.33. The van der Waals surface area contributed by atoms with E-state index in [1.807, 2.05) is 0 Å². The minimum Gasteiger partial charge on any atom is -0.480 e. The van der Waals surface area contributed by atoms with E-state index >= 15 is 0 Å². The van der Waals surface area contributed by atoms with Gasteiger partial charge in [0.25, 0.3) is 0 Å². The number of carboxylic acid groups (broad SMARTS) is 2. The van der Waals surface area contributed by atoms with Gasteiger partial charge in [-0.15, -0.1) is 0 Å². The summed E-state index contributed by atoms with van der Waals surface area (Å²) in [7, 11) is 0. The molecule has 18 heavy (non-hydrogen) atoms. The highest BCUT2D eigenvalue weighted by Gasteiger charge is 2.10. The third-order valence-corrected chi connectivity index (χ3v) is 1.73. The van der Waals surface area contributed by atoms with Crippen LogP contribution < -0.4 is 23.3 Å². The maximum Gasteiger partial charge on any atom is 0.320 e. The molecule has 0 saturated carbocycles. The van der Waals surface area contributed by atoms with E-state index in [2.05, 4.69) is 21.5 Å². The quantitative estimate of drug-likeness (QED) is 0.253. The van der Waals surface area contributed by atoms with Crippen LogP contribution in [-0.4, -0.2) is 47.4 Å². The molecule has 0 aliphatic carbocycles. The zero-order valence-electron chi connectivity index (χ0n) is 9.82. The van der Waals surface area contributed by atoms with Crippen LogP contribution in [-0.2, 0) is 19.3 Å². The van der Waals surface area contributed by atoms with Crippen LogP contribution in [0.15, 0.2) is 0 Å². The van der Waals surface area contributed by atoms with Crippen molar-refractivity contribution in [2.75, 3.05) is 13.2 Å². The van der Waals surface area contributed by atoms with Crippen molar-refractivity contribution >= 4 is 11.9 Å². The molecule has 2 atom stereocenters. The number of carbonyl (C=O) groups is 2. The Balaban J connectivity index is 0. The number of hydrogen-bond acceptors (Lipinski definition) is 8. The van der Waals surface area contributed by atoms with E-state index < -0.39 is 24.0 Å². The molecular weight excluding hydrogens is 248 g/mol. The minimum absolute atomic E-state index is 0.174. The summed E-state index contributed by atoms with van der Waals surface area (Å²) in [5.41, 5.74) is 10.1. The van der Waals surface area contributed by atoms with Gasteiger partial charge in [-0.2, -0.15) is 0 Å². The zero-order valence-corrected chi connectivity index (χ0v) is 9.82. The van der Waals surface area contributed by atoms with Crippen LogP contribution in [0.2, 0.25) is 0 Å². The molecule has 0 spiro atoms. The van der Waals surface area contributed by atoms with Crippen molar-refractivity contribution in [3.8, 4) is 0 Å². The number of nitrogens with two attached hydrogens (primary N) is 4. The molecule has 10 heteroatoms. The van der Waals surface area contributed by atoms with E-state index in [1.54, 1.807) is 0 Å². The number of aliphatic carboxylic acids is 2. The normalized spacial score (nSPS) is 13.1. The molecule has 10 N–H and O–H groups in total. The van der Waals surface area contributed by atoms with Crippen molar-refractivity contribution in [2.45, 2.75) is 24.9 Å². The summed E-state index contributed by atoms with van der Waals surface area (Å²) in [5.74, 6) is 7.19. The first-order valence-electron chi connectivity index (χ1n) is 4.96. The first-order valence-corrected chi connectivity index (χ1v) is 4.96. The summed E-state index contributed by atoms with van der Waals surface area (Å²) in [5, 5.41) is 16.4. The van der Waals surface area contributed by atoms with Gasteiger partial charge in [-0.25, -0.2) is 11.8 Å². The summed E-state index contributed by atoms with van der Waals surface area (Å²) in [6.45, 7) is 0.348. The Morgan fingerprint density at radius 2 is 1.17 bits per heavy atom. The van der Waals surface area contributed by atoms with E-state index in [0.29, 0.717) is 0 Å². The molecular formula is C8H20N4O6. The Labute approximate surface area is 104 Å². The molecule has 0 aliphatic rings. The van der Waals surface area contributed by atoms with E-state index in [0.717, 1.165) is 0 Å². The smallest absolute Gasteiger partial charge is 0.320 e. The van der Waals surface area contributed by atoms with Gasteiger partial charge in [-0.1, -0.05) is 0 Å². The van der Waals surface area contributed by atoms with Crippen LogP contribution in [0, 0.1) is 0 Å². The fourth-order valence-corrected chi connectivity index (χ4v) is 0.637. The summed E-state index contributed by atoms with van der Waals surface area (Å²) >= 11 is 0. The third-order valence-electron chi connectivity index (χ3n) is 1.73. The van der Waals surface area contributed by atoms with Crippen LogP contribution in [0.25, 0.3) is 0 Å². The van der Waals surface area contributed by atoms with Gasteiger partial charge in [0.1, 0.15) is 12.1 Å². The first kappa shape index (κ1) is 19.0. The van der Waals surface area contributed by atoms with Crippen LogP contribution >= 0.6 is 0 Å². The van der Waals surface area contributed by atoms with E-state index in [1.165, 1.54) is 0 Å². The molecule has 0 aromatic carbocycles. The lowest BCUT2D eigenvalue weighted by Crippen LogP contribution is -2.31. The van der Waals surface area contributed by atoms with Crippen LogP contribution in [0.1, 0.15) is 12.8 Å². The molecule has 0 bridgehead atoms. The van der Waals surface area contributed by atoms with Crippen molar-refractivity contribution in [1.82, 2.24) is 0 Å². The fourth-order valence-electron chi connectivity index (χ4n) is 0.637. The van der Waals surface area contributed by atoms with Crippen LogP contribution in [0.3, 0.4) is 0 Å². The Morgan fingerprint density at radius 1 is 0.889 bits per heavy atom. The van der Waals surface area contributed by atoms with Crippen LogP contribution in [0.5, 0.6) is 0 Å². The topological polar surface area (TPSA) is 197 Å². The van der Waals surface area contributed by atoms with Crippen molar-refractivity contribution in [3.63, 3.8) is 0 Å². The molecule has 108 valence electrons. The van der Waals surface area contributed by atoms with Gasteiger partial charge in [-0.3, -0.25) is 9.59 Å². The second kappa shape index (κ2) is 12.2. The molecule has 0 radical (unpaired) electrons. The fraction of sp³-hybridized carbons (Fsp3) is 0.750. The van der Waals surface area contributed by atoms with Crippen molar-refractivity contribution in [1.29, 1.82) is 0 Å². The lowest BCUT2D eigenvalue weighted by molar-refractivity contribution is -0.139. The first-order chi connectivity index (χ1) is 8.36. The molecule has 0 aromatic heterocycles. The van der Waals surface area contributed by atoms with Gasteiger partial charge < -0.3 is 31.4 Å². The predicted molar refractivity (Wildman–Crippen MR) is 60.7 cm³/mol. The number of hydrogen-bond donors (Lipinski definition) is 6. The molecule has 0 fully saturated rings. The van der Waals surface area contributed by atoms with Crippen LogP contribution in [0.4, 0.5) is 0 Å². The van der Waals surface area contributed by atoms with Gasteiger partial charge in [0, 0.05) is 0 Å². The lowest BCUT2D eigenvalue weighted by Gasteiger charge is -2.02. The third kappa shape index (κ3) is 12.8. The van der Waals surface area contributed by atoms with E-state index in [4.69, 9.17) is 21.7 Å². The molecule has 0 saturated heterocycles. The largest absolute Gasteiger partial charge is 0.480 e. The molecule has 0 heterocycles. The van der Waals surface area contributed by atoms with Gasteiger partial charge in [0.15, 0.2) is 0 Å². The Kier molecular flexibility index (Phi) is 12.9. The molecule has 0 aromatic rings. The molecule has 0 amide bonds. The summed E-state index contributed by atoms with van der Waals surface area (Å²) in [6.07, 6.45) is 0.484. The highest BCUT2D eigenvalue weighted by Crippen LogP contribution is 1.86. The monoisotopic (exact) mass is 268 g/mol. The van der Waals surface area contributed by atoms with E-state index in [9.17, 15) is 9.59 Å². The summed E-state index contributed by atoms with van der Waals surface area (Å²) in [4.78, 5) is 28.2. The average molecular weight is 268 g/mol. The zero-order chi connectivity index (χ0) is 14.6. The van der Waals surface area contributed by atoms with Crippen molar-refractivity contribution in [3.05, 3.63) is 0 Å². The SMILES string of the molecule is NOCCC(N)C(=O)O.NOCC[C@H](N)C(=O)O. The molecule has 0 aliphatic heterocycles. The maximum atomic E-state index is 9.98. The number of carboxylic acids is 2. The highest BCUT2D eigenvalue weighted by molar-refractivity contribution is 5.73. The molecule has 0 rings (SSSR count). The highest BCUT2D eigenvalue weighted by atomic mass is 16.6. The molecule has 1 unspecified atom stereocenters. The van der Waals surface area contributed by atoms with Gasteiger partial charge in [-0.05, 0) is 12.8 Å². The summed E-state index contributed by atoms with van der Waals surface area (Å²) < 4.78 is 0. The second-order valence-corrected chi connectivity index (χ2v) is 3.21. The van der Waals surface area contributed by atoms with Gasteiger partial charge in [0.05, 0.1) is 13.2 Å². The summed E-state index contributed by atoms with van der Waals surface area (Å²) in [6, 6.07) is -1.73. The standard InChI is InChI=1S/2C4H10N2O3/c2*5-3(4(7)8)1-2-9-6/h2*3H,1-2,5-6H2,(H,7,8)/t3-;/m0./s1. The van der Waals surface area contributed by atoms with E-state index in [-0.39, 0.29) is 26.1 Å². The second-order valence-electron chi connectivity index (χ2n) is 3.21. The number of rotatable bonds is 8. The predicted octanol–water partition coefficient (Wildman–Crippen LogP) is -2.64. The lowest BCUT2D eigenvalue weighted by atomic mass is 10.2. The Hall–Kier alpha value is -1.30. The van der Waals surface area contributed by atoms with Crippen molar-refractivity contribution in [2.24, 2.45) is 23.3 Å². The van der Waals surface area contributed by atoms with Crippen molar-refractivity contribution < 1.29 is 29.5 Å².